The molecule has 0 fully saturated rings. The van der Waals surface area contributed by atoms with Crippen LogP contribution in [0.4, 0.5) is 0 Å². The first-order valence-electron chi connectivity index (χ1n) is 12.3. The fraction of sp³-hybridized carbons (Fsp3) is 0. The van der Waals surface area contributed by atoms with E-state index >= 15 is 0 Å². The Morgan fingerprint density at radius 2 is 1.32 bits per heavy atom. The molecule has 6 aromatic rings. The number of hydrogen-bond donors (Lipinski definition) is 0. The summed E-state index contributed by atoms with van der Waals surface area (Å²) in [5, 5.41) is 8.42. The lowest BCUT2D eigenvalue weighted by Crippen LogP contribution is -2.47. The maximum absolute atomic E-state index is 6.14. The van der Waals surface area contributed by atoms with Gasteiger partial charge < -0.3 is 4.42 Å². The minimum Gasteiger partial charge on any atom is -0.456 e. The molecule has 6 rings (SSSR count). The standard InChI is InChI=1S/C36H26O/c1-5-12-29-23(3)24(4)36(33-17-8-7-15-30(29)33)28(6-2)27-14-11-13-25(21-27)26-19-20-32-31-16-9-10-18-34(31)37-35(32)22-26/h5-22H,1-4H2/b29-12+,36-28-. The Morgan fingerprint density at radius 3 is 2.11 bits per heavy atom. The van der Waals surface area contributed by atoms with Crippen LogP contribution in [-0.2, 0) is 0 Å². The summed E-state index contributed by atoms with van der Waals surface area (Å²) < 4.78 is 6.14. The monoisotopic (exact) mass is 474 g/mol. The molecule has 1 heterocycles. The normalized spacial score (nSPS) is 12.8. The number of para-hydroxylation sites is 1. The minimum absolute atomic E-state index is 0.888. The van der Waals surface area contributed by atoms with Crippen molar-refractivity contribution < 1.29 is 4.42 Å². The molecule has 1 nitrogen and oxygen atoms in total. The topological polar surface area (TPSA) is 13.1 Å². The second-order valence-electron chi connectivity index (χ2n) is 9.20. The average Bonchev–Trinajstić information content (AvgIpc) is 3.31. The van der Waals surface area contributed by atoms with E-state index in [4.69, 9.17) is 4.42 Å². The van der Waals surface area contributed by atoms with Crippen molar-refractivity contribution in [2.24, 2.45) is 0 Å². The highest BCUT2D eigenvalue weighted by Crippen LogP contribution is 2.32. The molecule has 0 aliphatic carbocycles. The quantitative estimate of drug-likeness (QED) is 0.281. The van der Waals surface area contributed by atoms with Gasteiger partial charge in [0, 0.05) is 10.8 Å². The van der Waals surface area contributed by atoms with Crippen LogP contribution in [0.1, 0.15) is 5.56 Å². The fourth-order valence-corrected chi connectivity index (χ4v) is 5.33. The molecule has 0 unspecified atom stereocenters. The number of fused-ring (bicyclic) bond motifs is 4. The van der Waals surface area contributed by atoms with Gasteiger partial charge in [-0.2, -0.15) is 0 Å². The maximum atomic E-state index is 6.14. The first-order valence-corrected chi connectivity index (χ1v) is 12.3. The summed E-state index contributed by atoms with van der Waals surface area (Å²) in [7, 11) is 0. The van der Waals surface area contributed by atoms with Crippen molar-refractivity contribution in [3.05, 3.63) is 143 Å². The summed E-state index contributed by atoms with van der Waals surface area (Å²) in [4.78, 5) is 0. The van der Waals surface area contributed by atoms with Gasteiger partial charge in [-0.05, 0) is 78.2 Å². The van der Waals surface area contributed by atoms with Crippen molar-refractivity contribution in [1.29, 1.82) is 0 Å². The molecule has 0 saturated carbocycles. The lowest BCUT2D eigenvalue weighted by molar-refractivity contribution is 0.669. The molecule has 0 amide bonds. The van der Waals surface area contributed by atoms with Crippen LogP contribution in [0.5, 0.6) is 0 Å². The third-order valence-corrected chi connectivity index (χ3v) is 7.12. The Balaban J connectivity index is 1.61. The summed E-state index contributed by atoms with van der Waals surface area (Å²) in [5.41, 5.74) is 6.11. The molecule has 5 aromatic carbocycles. The average molecular weight is 475 g/mol. The highest BCUT2D eigenvalue weighted by molar-refractivity contribution is 6.06. The van der Waals surface area contributed by atoms with Gasteiger partial charge in [-0.25, -0.2) is 0 Å². The van der Waals surface area contributed by atoms with Gasteiger partial charge in [0.1, 0.15) is 11.2 Å². The largest absolute Gasteiger partial charge is 0.456 e. The zero-order valence-corrected chi connectivity index (χ0v) is 20.6. The number of benzene rings is 5. The van der Waals surface area contributed by atoms with Gasteiger partial charge in [0.2, 0.25) is 0 Å². The van der Waals surface area contributed by atoms with E-state index in [0.29, 0.717) is 0 Å². The van der Waals surface area contributed by atoms with Crippen molar-refractivity contribution in [2.75, 3.05) is 0 Å². The van der Waals surface area contributed by atoms with E-state index in [1.165, 1.54) is 0 Å². The highest BCUT2D eigenvalue weighted by atomic mass is 16.3. The van der Waals surface area contributed by atoms with Crippen LogP contribution in [0.3, 0.4) is 0 Å². The molecule has 0 aliphatic rings. The van der Waals surface area contributed by atoms with E-state index in [9.17, 15) is 0 Å². The van der Waals surface area contributed by atoms with Crippen molar-refractivity contribution >= 4 is 57.5 Å². The predicted molar refractivity (Wildman–Crippen MR) is 160 cm³/mol. The molecule has 0 N–H and O–H groups in total. The molecule has 0 radical (unpaired) electrons. The van der Waals surface area contributed by atoms with Crippen LogP contribution in [0.2, 0.25) is 0 Å². The van der Waals surface area contributed by atoms with Crippen LogP contribution in [0.15, 0.2) is 121 Å². The molecule has 1 heteroatoms. The van der Waals surface area contributed by atoms with Crippen LogP contribution in [0, 0.1) is 0 Å². The Labute approximate surface area is 215 Å². The zero-order valence-electron chi connectivity index (χ0n) is 20.6. The van der Waals surface area contributed by atoms with E-state index < -0.39 is 0 Å². The molecular formula is C36H26O. The Bertz CT molecular complexity index is 2100. The molecule has 0 atom stereocenters. The van der Waals surface area contributed by atoms with E-state index in [1.54, 1.807) is 6.08 Å². The summed E-state index contributed by atoms with van der Waals surface area (Å²) >= 11 is 0. The molecule has 176 valence electrons. The highest BCUT2D eigenvalue weighted by Gasteiger charge is 2.10. The van der Waals surface area contributed by atoms with E-state index in [-0.39, 0.29) is 0 Å². The molecule has 0 aliphatic heterocycles. The molecule has 0 saturated heterocycles. The van der Waals surface area contributed by atoms with Gasteiger partial charge in [-0.15, -0.1) is 0 Å². The molecule has 0 spiro atoms. The zero-order chi connectivity index (χ0) is 25.5. The number of rotatable bonds is 4. The van der Waals surface area contributed by atoms with Crippen molar-refractivity contribution in [2.45, 2.75) is 0 Å². The van der Waals surface area contributed by atoms with Gasteiger partial charge in [0.25, 0.3) is 0 Å². The van der Waals surface area contributed by atoms with Crippen LogP contribution in [-0.4, -0.2) is 0 Å². The number of furan rings is 1. The Morgan fingerprint density at radius 1 is 0.622 bits per heavy atom. The molecular weight excluding hydrogens is 448 g/mol. The van der Waals surface area contributed by atoms with Crippen molar-refractivity contribution in [1.82, 2.24) is 0 Å². The van der Waals surface area contributed by atoms with Crippen LogP contribution in [0.25, 0.3) is 68.6 Å². The third-order valence-electron chi connectivity index (χ3n) is 7.12. The van der Waals surface area contributed by atoms with Gasteiger partial charge in [0.05, 0.1) is 0 Å². The lowest BCUT2D eigenvalue weighted by atomic mass is 9.93. The number of allylic oxidation sites excluding steroid dienone is 2. The summed E-state index contributed by atoms with van der Waals surface area (Å²) in [6, 6.07) is 31.5. The summed E-state index contributed by atoms with van der Waals surface area (Å²) in [6.45, 7) is 16.9. The molecule has 0 bridgehead atoms. The van der Waals surface area contributed by atoms with E-state index in [1.807, 2.05) is 30.4 Å². The number of hydrogen-bond acceptors (Lipinski definition) is 1. The summed E-state index contributed by atoms with van der Waals surface area (Å²) in [6.07, 6.45) is 5.73. The van der Waals surface area contributed by atoms with Gasteiger partial charge >= 0.3 is 0 Å². The predicted octanol–water partition coefficient (Wildman–Crippen LogP) is 6.58. The van der Waals surface area contributed by atoms with Crippen LogP contribution >= 0.6 is 0 Å². The smallest absolute Gasteiger partial charge is 0.136 e. The van der Waals surface area contributed by atoms with Gasteiger partial charge in [-0.1, -0.05) is 111 Å². The van der Waals surface area contributed by atoms with Crippen molar-refractivity contribution in [3.8, 4) is 11.1 Å². The third kappa shape index (κ3) is 3.64. The van der Waals surface area contributed by atoms with Crippen LogP contribution < -0.4 is 20.9 Å². The Kier molecular flexibility index (Phi) is 5.47. The van der Waals surface area contributed by atoms with Gasteiger partial charge in [0.15, 0.2) is 0 Å². The maximum Gasteiger partial charge on any atom is 0.136 e. The first kappa shape index (κ1) is 22.6. The molecule has 1 aromatic heterocycles. The Hall–Kier alpha value is -4.88. The second-order valence-corrected chi connectivity index (χ2v) is 9.20. The van der Waals surface area contributed by atoms with E-state index in [0.717, 1.165) is 75.8 Å². The second kappa shape index (κ2) is 8.96. The first-order chi connectivity index (χ1) is 18.1. The lowest BCUT2D eigenvalue weighted by Gasteiger charge is -2.10. The van der Waals surface area contributed by atoms with E-state index in [2.05, 4.69) is 99.1 Å². The van der Waals surface area contributed by atoms with Crippen molar-refractivity contribution in [3.63, 3.8) is 0 Å². The fourth-order valence-electron chi connectivity index (χ4n) is 5.33. The minimum atomic E-state index is 0.888. The molecule has 37 heavy (non-hydrogen) atoms. The van der Waals surface area contributed by atoms with Gasteiger partial charge in [-0.3, -0.25) is 0 Å². The summed E-state index contributed by atoms with van der Waals surface area (Å²) in [5.74, 6) is 0. The SMILES string of the molecule is C=C/C=c1\c(=C)c(=C)/c(=C(\C=C)c2cccc(-c3ccc4c(c3)oc3ccccc34)c2)c2ccccc12.